The fourth-order valence-electron chi connectivity index (χ4n) is 2.99. The first-order valence-electron chi connectivity index (χ1n) is 8.31. The van der Waals surface area contributed by atoms with Crippen LogP contribution in [0.2, 0.25) is 0 Å². The van der Waals surface area contributed by atoms with Crippen molar-refractivity contribution in [2.75, 3.05) is 31.1 Å². The number of benzene rings is 2. The third-order valence-corrected chi connectivity index (χ3v) is 4.46. The van der Waals surface area contributed by atoms with Crippen LogP contribution in [0.4, 0.5) is 18.9 Å². The lowest BCUT2D eigenvalue weighted by molar-refractivity contribution is -0.137. The van der Waals surface area contributed by atoms with Crippen LogP contribution in [-0.2, 0) is 17.4 Å². The van der Waals surface area contributed by atoms with Crippen molar-refractivity contribution in [2.45, 2.75) is 12.6 Å². The Balaban J connectivity index is 1.59. The summed E-state index contributed by atoms with van der Waals surface area (Å²) >= 11 is 0. The number of hydrogen-bond donors (Lipinski definition) is 1. The second-order valence-corrected chi connectivity index (χ2v) is 6.26. The van der Waals surface area contributed by atoms with Crippen LogP contribution in [0.25, 0.3) is 0 Å². The molecule has 1 aliphatic heterocycles. The molecule has 4 nitrogen and oxygen atoms in total. The summed E-state index contributed by atoms with van der Waals surface area (Å²) < 4.78 is 38.5. The van der Waals surface area contributed by atoms with Crippen LogP contribution < -0.4 is 4.90 Å². The van der Waals surface area contributed by atoms with Crippen molar-refractivity contribution in [2.24, 2.45) is 0 Å². The van der Waals surface area contributed by atoms with Crippen LogP contribution in [0.5, 0.6) is 5.75 Å². The number of anilines is 1. The number of carbonyl (C=O) groups excluding carboxylic acids is 1. The van der Waals surface area contributed by atoms with Crippen LogP contribution >= 0.6 is 0 Å². The van der Waals surface area contributed by atoms with Crippen LogP contribution in [-0.4, -0.2) is 42.1 Å². The highest BCUT2D eigenvalue weighted by molar-refractivity contribution is 5.79. The molecule has 2 aromatic carbocycles. The van der Waals surface area contributed by atoms with Gasteiger partial charge in [0.2, 0.25) is 5.91 Å². The monoisotopic (exact) mass is 364 g/mol. The van der Waals surface area contributed by atoms with Gasteiger partial charge in [0.1, 0.15) is 5.75 Å². The van der Waals surface area contributed by atoms with E-state index in [-0.39, 0.29) is 18.1 Å². The lowest BCUT2D eigenvalue weighted by atomic mass is 10.1. The lowest BCUT2D eigenvalue weighted by Crippen LogP contribution is -2.49. The maximum Gasteiger partial charge on any atom is 0.416 e. The van der Waals surface area contributed by atoms with Crippen LogP contribution in [0.3, 0.4) is 0 Å². The van der Waals surface area contributed by atoms with Crippen molar-refractivity contribution < 1.29 is 23.1 Å². The van der Waals surface area contributed by atoms with Crippen molar-refractivity contribution in [1.82, 2.24) is 4.90 Å². The lowest BCUT2D eigenvalue weighted by Gasteiger charge is -2.36. The zero-order chi connectivity index (χ0) is 18.7. The Morgan fingerprint density at radius 1 is 1.00 bits per heavy atom. The number of hydrogen-bond acceptors (Lipinski definition) is 3. The van der Waals surface area contributed by atoms with E-state index in [0.29, 0.717) is 31.9 Å². The van der Waals surface area contributed by atoms with Crippen LogP contribution in [0.1, 0.15) is 11.1 Å². The predicted molar refractivity (Wildman–Crippen MR) is 92.0 cm³/mol. The summed E-state index contributed by atoms with van der Waals surface area (Å²) in [6.45, 7) is 1.91. The van der Waals surface area contributed by atoms with Gasteiger partial charge < -0.3 is 14.9 Å². The molecule has 0 bridgehead atoms. The first-order valence-corrected chi connectivity index (χ1v) is 8.31. The summed E-state index contributed by atoms with van der Waals surface area (Å²) in [7, 11) is 0. The number of aromatic hydroxyl groups is 1. The zero-order valence-electron chi connectivity index (χ0n) is 14.0. The summed E-state index contributed by atoms with van der Waals surface area (Å²) in [4.78, 5) is 16.0. The molecule has 7 heteroatoms. The number of rotatable bonds is 3. The minimum Gasteiger partial charge on any atom is -0.508 e. The number of phenols is 1. The van der Waals surface area contributed by atoms with Crippen LogP contribution in [0, 0.1) is 0 Å². The van der Waals surface area contributed by atoms with Gasteiger partial charge in [0.15, 0.2) is 0 Å². The van der Waals surface area contributed by atoms with Crippen molar-refractivity contribution in [3.63, 3.8) is 0 Å². The molecule has 0 radical (unpaired) electrons. The van der Waals surface area contributed by atoms with Crippen molar-refractivity contribution >= 4 is 11.6 Å². The van der Waals surface area contributed by atoms with E-state index in [1.54, 1.807) is 23.1 Å². The summed E-state index contributed by atoms with van der Waals surface area (Å²) in [5.74, 6) is 0.121. The average Bonchev–Trinajstić information content (AvgIpc) is 2.63. The van der Waals surface area contributed by atoms with Gasteiger partial charge in [-0.3, -0.25) is 4.79 Å². The maximum absolute atomic E-state index is 12.8. The molecule has 3 rings (SSSR count). The zero-order valence-corrected chi connectivity index (χ0v) is 14.0. The molecule has 2 aromatic rings. The smallest absolute Gasteiger partial charge is 0.416 e. The highest BCUT2D eigenvalue weighted by atomic mass is 19.4. The van der Waals surface area contributed by atoms with Crippen molar-refractivity contribution in [3.05, 3.63) is 59.7 Å². The largest absolute Gasteiger partial charge is 0.508 e. The number of carbonyl (C=O) groups is 1. The Bertz CT molecular complexity index is 767. The molecule has 0 atom stereocenters. The number of alkyl halides is 3. The molecular formula is C19H19F3N2O2. The first-order chi connectivity index (χ1) is 12.3. The molecule has 1 amide bonds. The van der Waals surface area contributed by atoms with Crippen molar-refractivity contribution in [3.8, 4) is 5.75 Å². The fraction of sp³-hybridized carbons (Fsp3) is 0.316. The van der Waals surface area contributed by atoms with Gasteiger partial charge in [-0.15, -0.1) is 0 Å². The topological polar surface area (TPSA) is 43.8 Å². The van der Waals surface area contributed by atoms with Gasteiger partial charge in [0, 0.05) is 31.9 Å². The molecule has 1 aliphatic rings. The van der Waals surface area contributed by atoms with Gasteiger partial charge in [-0.05, 0) is 35.9 Å². The van der Waals surface area contributed by atoms with E-state index in [1.807, 2.05) is 4.90 Å². The molecular weight excluding hydrogens is 345 g/mol. The summed E-state index contributed by atoms with van der Waals surface area (Å²) in [5, 5.41) is 9.28. The number of amides is 1. The molecule has 1 heterocycles. The summed E-state index contributed by atoms with van der Waals surface area (Å²) in [6.07, 6.45) is -4.12. The molecule has 1 fully saturated rings. The summed E-state index contributed by atoms with van der Waals surface area (Å²) in [5.41, 5.74) is 0.666. The average molecular weight is 364 g/mol. The quantitative estimate of drug-likeness (QED) is 0.909. The van der Waals surface area contributed by atoms with Gasteiger partial charge in [0.05, 0.1) is 12.0 Å². The van der Waals surface area contributed by atoms with Gasteiger partial charge >= 0.3 is 6.18 Å². The van der Waals surface area contributed by atoms with E-state index in [9.17, 15) is 23.1 Å². The maximum atomic E-state index is 12.8. The third kappa shape index (κ3) is 4.28. The normalized spacial score (nSPS) is 15.2. The van der Waals surface area contributed by atoms with E-state index in [2.05, 4.69) is 0 Å². The van der Waals surface area contributed by atoms with E-state index >= 15 is 0 Å². The fourth-order valence-corrected chi connectivity index (χ4v) is 2.99. The molecule has 1 N–H and O–H groups in total. The van der Waals surface area contributed by atoms with Gasteiger partial charge in [0.25, 0.3) is 0 Å². The Morgan fingerprint density at radius 3 is 2.27 bits per heavy atom. The van der Waals surface area contributed by atoms with E-state index in [1.165, 1.54) is 18.2 Å². The molecule has 26 heavy (non-hydrogen) atoms. The standard InChI is InChI=1S/C19H19F3N2O2/c20-19(21,22)15-2-1-3-16(13-15)23-8-10-24(11-9-23)18(26)12-14-4-6-17(25)7-5-14/h1-7,13,25H,8-12H2. The van der Waals surface area contributed by atoms with Gasteiger partial charge in [-0.25, -0.2) is 0 Å². The second-order valence-electron chi connectivity index (χ2n) is 6.26. The highest BCUT2D eigenvalue weighted by Gasteiger charge is 2.31. The van der Waals surface area contributed by atoms with E-state index in [0.717, 1.165) is 17.7 Å². The summed E-state index contributed by atoms with van der Waals surface area (Å²) in [6, 6.07) is 11.7. The molecule has 0 aromatic heterocycles. The van der Waals surface area contributed by atoms with Crippen molar-refractivity contribution in [1.29, 1.82) is 0 Å². The Kier molecular flexibility index (Phi) is 5.06. The predicted octanol–water partition coefficient (Wildman–Crippen LogP) is 3.30. The van der Waals surface area contributed by atoms with Crippen LogP contribution in [0.15, 0.2) is 48.5 Å². The number of piperazine rings is 1. The minimum atomic E-state index is -4.36. The second kappa shape index (κ2) is 7.27. The van der Waals surface area contributed by atoms with E-state index in [4.69, 9.17) is 0 Å². The SMILES string of the molecule is O=C(Cc1ccc(O)cc1)N1CCN(c2cccc(C(F)(F)F)c2)CC1. The third-order valence-electron chi connectivity index (χ3n) is 4.46. The molecule has 1 saturated heterocycles. The molecule has 0 unspecified atom stereocenters. The molecule has 0 saturated carbocycles. The molecule has 0 spiro atoms. The molecule has 0 aliphatic carbocycles. The Labute approximate surface area is 149 Å². The number of phenolic OH excluding ortho intramolecular Hbond substituents is 1. The van der Waals surface area contributed by atoms with E-state index < -0.39 is 11.7 Å². The van der Waals surface area contributed by atoms with Gasteiger partial charge in [-0.1, -0.05) is 18.2 Å². The highest BCUT2D eigenvalue weighted by Crippen LogP contribution is 2.31. The van der Waals surface area contributed by atoms with Gasteiger partial charge in [-0.2, -0.15) is 13.2 Å². The Hall–Kier alpha value is -2.70. The Morgan fingerprint density at radius 2 is 1.65 bits per heavy atom. The minimum absolute atomic E-state index is 0.0283. The first kappa shape index (κ1) is 18.1. The molecule has 138 valence electrons. The number of nitrogens with zero attached hydrogens (tertiary/aromatic N) is 2. The number of halogens is 3.